The van der Waals surface area contributed by atoms with E-state index in [-0.39, 0.29) is 0 Å². The standard InChI is InChI=1S/C18H10Cl2F6O4/c19-13-3-1-9(7-11(13)17(21,22)23)29-15(27)5-6-16(28)30-10-2-4-14(20)12(8-10)18(24,25)26/h1-4,7-8H,5-6H2. The van der Waals surface area contributed by atoms with Crippen LogP contribution in [0, 0.1) is 0 Å². The highest BCUT2D eigenvalue weighted by molar-refractivity contribution is 6.31. The number of rotatable bonds is 5. The quantitative estimate of drug-likeness (QED) is 0.289. The van der Waals surface area contributed by atoms with Crippen molar-refractivity contribution >= 4 is 35.1 Å². The molecule has 0 bridgehead atoms. The van der Waals surface area contributed by atoms with Gasteiger partial charge >= 0.3 is 24.3 Å². The Balaban J connectivity index is 1.95. The van der Waals surface area contributed by atoms with E-state index in [0.29, 0.717) is 12.1 Å². The minimum Gasteiger partial charge on any atom is -0.427 e. The first-order valence-corrected chi connectivity index (χ1v) is 8.68. The molecule has 0 fully saturated rings. The van der Waals surface area contributed by atoms with Crippen LogP contribution < -0.4 is 9.47 Å². The summed E-state index contributed by atoms with van der Waals surface area (Å²) < 4.78 is 86.2. The predicted molar refractivity (Wildman–Crippen MR) is 93.4 cm³/mol. The van der Waals surface area contributed by atoms with Crippen LogP contribution in [0.25, 0.3) is 0 Å². The van der Waals surface area contributed by atoms with Crippen molar-refractivity contribution in [3.05, 3.63) is 57.6 Å². The highest BCUT2D eigenvalue weighted by Crippen LogP contribution is 2.38. The van der Waals surface area contributed by atoms with Crippen molar-refractivity contribution in [3.8, 4) is 11.5 Å². The van der Waals surface area contributed by atoms with E-state index in [9.17, 15) is 35.9 Å². The third-order valence-electron chi connectivity index (χ3n) is 3.48. The Hall–Kier alpha value is -2.46. The van der Waals surface area contributed by atoms with Crippen molar-refractivity contribution in [1.82, 2.24) is 0 Å². The van der Waals surface area contributed by atoms with Crippen LogP contribution in [0.5, 0.6) is 11.5 Å². The fourth-order valence-corrected chi connectivity index (χ4v) is 2.59. The number of esters is 2. The van der Waals surface area contributed by atoms with Crippen LogP contribution >= 0.6 is 23.2 Å². The van der Waals surface area contributed by atoms with Crippen LogP contribution in [0.4, 0.5) is 26.3 Å². The molecule has 0 saturated carbocycles. The molecule has 0 aliphatic carbocycles. The van der Waals surface area contributed by atoms with Gasteiger partial charge in [0.25, 0.3) is 0 Å². The van der Waals surface area contributed by atoms with Gasteiger partial charge in [-0.25, -0.2) is 0 Å². The van der Waals surface area contributed by atoms with E-state index in [1.807, 2.05) is 0 Å². The van der Waals surface area contributed by atoms with E-state index in [0.717, 1.165) is 24.3 Å². The monoisotopic (exact) mass is 474 g/mol. The maximum atomic E-state index is 12.8. The van der Waals surface area contributed by atoms with Crippen LogP contribution in [0.1, 0.15) is 24.0 Å². The number of benzene rings is 2. The molecule has 0 N–H and O–H groups in total. The van der Waals surface area contributed by atoms with Crippen LogP contribution in [-0.2, 0) is 21.9 Å². The second-order valence-electron chi connectivity index (χ2n) is 5.73. The summed E-state index contributed by atoms with van der Waals surface area (Å²) in [6.45, 7) is 0. The van der Waals surface area contributed by atoms with Crippen molar-refractivity contribution in [1.29, 1.82) is 0 Å². The highest BCUT2D eigenvalue weighted by atomic mass is 35.5. The van der Waals surface area contributed by atoms with Gasteiger partial charge in [-0.15, -0.1) is 0 Å². The average molecular weight is 475 g/mol. The Labute approximate surface area is 175 Å². The van der Waals surface area contributed by atoms with Gasteiger partial charge in [0.2, 0.25) is 0 Å². The number of alkyl halides is 6. The minimum absolute atomic E-state index is 0.447. The molecule has 2 aromatic carbocycles. The summed E-state index contributed by atoms with van der Waals surface area (Å²) in [4.78, 5) is 23.5. The first-order valence-electron chi connectivity index (χ1n) is 7.92. The molecule has 4 nitrogen and oxygen atoms in total. The van der Waals surface area contributed by atoms with Gasteiger partial charge in [-0.05, 0) is 36.4 Å². The summed E-state index contributed by atoms with van der Waals surface area (Å²) in [5, 5.41) is -1.18. The summed E-state index contributed by atoms with van der Waals surface area (Å²) in [5.41, 5.74) is -2.42. The third-order valence-corrected chi connectivity index (χ3v) is 4.14. The van der Waals surface area contributed by atoms with Crippen molar-refractivity contribution in [2.75, 3.05) is 0 Å². The molecule has 30 heavy (non-hydrogen) atoms. The van der Waals surface area contributed by atoms with Gasteiger partial charge in [0, 0.05) is 0 Å². The van der Waals surface area contributed by atoms with Crippen molar-refractivity contribution < 1.29 is 45.4 Å². The molecular weight excluding hydrogens is 465 g/mol. The summed E-state index contributed by atoms with van der Waals surface area (Å²) in [6, 6.07) is 4.87. The number of hydrogen-bond acceptors (Lipinski definition) is 4. The molecule has 2 aromatic rings. The van der Waals surface area contributed by atoms with E-state index in [2.05, 4.69) is 0 Å². The van der Waals surface area contributed by atoms with Gasteiger partial charge in [0.15, 0.2) is 0 Å². The van der Waals surface area contributed by atoms with Gasteiger partial charge in [-0.1, -0.05) is 23.2 Å². The van der Waals surface area contributed by atoms with Crippen LogP contribution in [0.15, 0.2) is 36.4 Å². The Morgan fingerprint density at radius 2 is 1.03 bits per heavy atom. The number of carbonyl (C=O) groups excluding carboxylic acids is 2. The Kier molecular flexibility index (Phi) is 7.25. The Morgan fingerprint density at radius 3 is 1.33 bits per heavy atom. The second-order valence-corrected chi connectivity index (χ2v) is 6.54. The maximum Gasteiger partial charge on any atom is 0.417 e. The lowest BCUT2D eigenvalue weighted by molar-refractivity contribution is -0.141. The van der Waals surface area contributed by atoms with Crippen molar-refractivity contribution in [3.63, 3.8) is 0 Å². The predicted octanol–water partition coefficient (Wildman–Crippen LogP) is 6.32. The van der Waals surface area contributed by atoms with Gasteiger partial charge in [0.1, 0.15) is 11.5 Å². The second kappa shape index (κ2) is 9.13. The molecule has 0 spiro atoms. The fourth-order valence-electron chi connectivity index (χ4n) is 2.14. The molecule has 0 saturated heterocycles. The third kappa shape index (κ3) is 6.53. The van der Waals surface area contributed by atoms with E-state index in [4.69, 9.17) is 32.7 Å². The Morgan fingerprint density at radius 1 is 0.700 bits per heavy atom. The molecule has 0 radical (unpaired) electrons. The SMILES string of the molecule is O=C(CCC(=O)Oc1ccc(Cl)c(C(F)(F)F)c1)Oc1ccc(Cl)c(C(F)(F)F)c1. The van der Waals surface area contributed by atoms with Gasteiger partial charge < -0.3 is 9.47 Å². The van der Waals surface area contributed by atoms with E-state index in [1.54, 1.807) is 0 Å². The molecule has 0 atom stereocenters. The summed E-state index contributed by atoms with van der Waals surface area (Å²) in [7, 11) is 0. The minimum atomic E-state index is -4.77. The fraction of sp³-hybridized carbons (Fsp3) is 0.222. The highest BCUT2D eigenvalue weighted by Gasteiger charge is 2.34. The number of halogens is 8. The molecular formula is C18H10Cl2F6O4. The van der Waals surface area contributed by atoms with Gasteiger partial charge in [0.05, 0.1) is 34.0 Å². The lowest BCUT2D eigenvalue weighted by Crippen LogP contribution is -2.15. The van der Waals surface area contributed by atoms with Crippen molar-refractivity contribution in [2.24, 2.45) is 0 Å². The first-order chi connectivity index (χ1) is 13.8. The molecule has 0 heterocycles. The zero-order chi connectivity index (χ0) is 22.7. The first kappa shape index (κ1) is 23.8. The lowest BCUT2D eigenvalue weighted by Gasteiger charge is -2.12. The Bertz CT molecular complexity index is 879. The van der Waals surface area contributed by atoms with E-state index in [1.165, 1.54) is 0 Å². The normalized spacial score (nSPS) is 11.9. The molecule has 162 valence electrons. The summed E-state index contributed by atoms with van der Waals surface area (Å²) in [6.07, 6.45) is -10.7. The van der Waals surface area contributed by atoms with E-state index < -0.39 is 69.8 Å². The van der Waals surface area contributed by atoms with Crippen LogP contribution in [0.2, 0.25) is 10.0 Å². The maximum absolute atomic E-state index is 12.8. The molecule has 12 heteroatoms. The lowest BCUT2D eigenvalue weighted by atomic mass is 10.2. The largest absolute Gasteiger partial charge is 0.427 e. The molecule has 0 unspecified atom stereocenters. The summed E-state index contributed by atoms with van der Waals surface area (Å²) >= 11 is 10.9. The molecule has 0 aromatic heterocycles. The number of hydrogen-bond donors (Lipinski definition) is 0. The zero-order valence-electron chi connectivity index (χ0n) is 14.5. The molecule has 2 rings (SSSR count). The van der Waals surface area contributed by atoms with Crippen LogP contribution in [-0.4, -0.2) is 11.9 Å². The number of carbonyl (C=O) groups is 2. The average Bonchev–Trinajstić information content (AvgIpc) is 2.61. The van der Waals surface area contributed by atoms with Gasteiger partial charge in [-0.3, -0.25) is 9.59 Å². The molecule has 0 aliphatic heterocycles. The van der Waals surface area contributed by atoms with E-state index >= 15 is 0 Å². The van der Waals surface area contributed by atoms with Crippen molar-refractivity contribution in [2.45, 2.75) is 25.2 Å². The van der Waals surface area contributed by atoms with Crippen LogP contribution in [0.3, 0.4) is 0 Å². The molecule has 0 aliphatic rings. The van der Waals surface area contributed by atoms with Gasteiger partial charge in [-0.2, -0.15) is 26.3 Å². The number of ether oxygens (including phenoxy) is 2. The topological polar surface area (TPSA) is 52.6 Å². The smallest absolute Gasteiger partial charge is 0.417 e. The summed E-state index contributed by atoms with van der Waals surface area (Å²) in [5.74, 6) is -3.01. The zero-order valence-corrected chi connectivity index (χ0v) is 16.0. The molecule has 0 amide bonds.